The smallest absolute Gasteiger partial charge is 0.153 e. The highest BCUT2D eigenvalue weighted by Gasteiger charge is 2.28. The molecule has 0 radical (unpaired) electrons. The number of hydrogen-bond acceptors (Lipinski definition) is 3. The first-order valence-electron chi connectivity index (χ1n) is 10.5. The molecule has 4 heteroatoms. The average Bonchev–Trinajstić information content (AvgIpc) is 3.26. The predicted octanol–water partition coefficient (Wildman–Crippen LogP) is 4.54. The van der Waals surface area contributed by atoms with Gasteiger partial charge in [-0.2, -0.15) is 0 Å². The number of aromatic nitrogens is 1. The van der Waals surface area contributed by atoms with Crippen molar-refractivity contribution in [2.45, 2.75) is 32.0 Å². The molecule has 1 atom stereocenters. The zero-order chi connectivity index (χ0) is 19.8. The number of aliphatic hydroxyl groups excluding tert-OH is 1. The fourth-order valence-corrected chi connectivity index (χ4v) is 4.84. The van der Waals surface area contributed by atoms with Gasteiger partial charge in [0.1, 0.15) is 5.75 Å². The number of benzene rings is 2. The molecular formula is C25H28N2O2. The summed E-state index contributed by atoms with van der Waals surface area (Å²) in [5.74, 6) is 1.38. The van der Waals surface area contributed by atoms with Crippen LogP contribution < -0.4 is 4.74 Å². The molecule has 1 aromatic heterocycles. The van der Waals surface area contributed by atoms with Crippen molar-refractivity contribution in [2.75, 3.05) is 20.2 Å². The molecule has 1 unspecified atom stereocenters. The van der Waals surface area contributed by atoms with Crippen molar-refractivity contribution in [3.8, 4) is 5.75 Å². The van der Waals surface area contributed by atoms with Gasteiger partial charge < -0.3 is 14.4 Å². The van der Waals surface area contributed by atoms with Crippen LogP contribution in [0.25, 0.3) is 10.9 Å². The number of likely N-dealkylation sites (tertiary alicyclic amines) is 1. The van der Waals surface area contributed by atoms with Crippen molar-refractivity contribution >= 4 is 10.9 Å². The zero-order valence-electron chi connectivity index (χ0n) is 16.9. The standard InChI is InChI=1S/C25H28N2O2/c1-29-23-8-7-20-14-22-15-21(25(28)27(22)24(20)16-23)13-18-9-11-26(12-10-18)17-19-5-3-2-4-6-19/h2-8,13-14,16,18,25,28H,9-12,15,17H2,1H3. The molecule has 0 spiro atoms. The average molecular weight is 389 g/mol. The highest BCUT2D eigenvalue weighted by molar-refractivity contribution is 5.83. The second-order valence-corrected chi connectivity index (χ2v) is 8.32. The number of allylic oxidation sites excluding steroid dienone is 1. The second kappa shape index (κ2) is 7.69. The van der Waals surface area contributed by atoms with Gasteiger partial charge in [0.05, 0.1) is 12.6 Å². The van der Waals surface area contributed by atoms with Crippen LogP contribution in [0.3, 0.4) is 0 Å². The lowest BCUT2D eigenvalue weighted by Crippen LogP contribution is -2.32. The Kier molecular flexibility index (Phi) is 4.90. The third kappa shape index (κ3) is 3.59. The quantitative estimate of drug-likeness (QED) is 0.667. The minimum Gasteiger partial charge on any atom is -0.497 e. The van der Waals surface area contributed by atoms with Crippen molar-refractivity contribution < 1.29 is 9.84 Å². The zero-order valence-corrected chi connectivity index (χ0v) is 16.9. The molecule has 0 amide bonds. The molecule has 1 saturated heterocycles. The first-order chi connectivity index (χ1) is 14.2. The van der Waals surface area contributed by atoms with Crippen LogP contribution in [0.15, 0.2) is 66.2 Å². The maximum atomic E-state index is 11.0. The van der Waals surface area contributed by atoms with Gasteiger partial charge in [0.25, 0.3) is 0 Å². The molecule has 2 aliphatic heterocycles. The van der Waals surface area contributed by atoms with E-state index in [0.717, 1.165) is 61.1 Å². The van der Waals surface area contributed by atoms with Crippen LogP contribution in [-0.2, 0) is 13.0 Å². The van der Waals surface area contributed by atoms with Crippen LogP contribution in [0.5, 0.6) is 5.75 Å². The molecule has 4 nitrogen and oxygen atoms in total. The molecule has 29 heavy (non-hydrogen) atoms. The molecule has 1 fully saturated rings. The van der Waals surface area contributed by atoms with Crippen molar-refractivity contribution in [1.82, 2.24) is 9.47 Å². The van der Waals surface area contributed by atoms with Crippen LogP contribution in [-0.4, -0.2) is 34.8 Å². The third-order valence-corrected chi connectivity index (χ3v) is 6.42. The number of methoxy groups -OCH3 is 1. The van der Waals surface area contributed by atoms with Crippen molar-refractivity contribution in [2.24, 2.45) is 5.92 Å². The lowest BCUT2D eigenvalue weighted by atomic mass is 9.93. The number of ether oxygens (including phenoxy) is 1. The molecule has 2 aromatic carbocycles. The Bertz CT molecular complexity index is 1030. The van der Waals surface area contributed by atoms with Crippen LogP contribution in [0.1, 0.15) is 30.3 Å². The summed E-state index contributed by atoms with van der Waals surface area (Å²) in [6, 6.07) is 19.0. The normalized spacial score (nSPS) is 21.7. The summed E-state index contributed by atoms with van der Waals surface area (Å²) in [5.41, 5.74) is 4.77. The summed E-state index contributed by atoms with van der Waals surface area (Å²) in [7, 11) is 1.68. The number of nitrogens with zero attached hydrogens (tertiary/aromatic N) is 2. The lowest BCUT2D eigenvalue weighted by Gasteiger charge is -2.31. The second-order valence-electron chi connectivity index (χ2n) is 8.32. The molecule has 3 aromatic rings. The lowest BCUT2D eigenvalue weighted by molar-refractivity contribution is 0.153. The summed E-state index contributed by atoms with van der Waals surface area (Å²) in [4.78, 5) is 2.54. The van der Waals surface area contributed by atoms with Crippen LogP contribution in [0.2, 0.25) is 0 Å². The van der Waals surface area contributed by atoms with E-state index in [2.05, 4.69) is 58.0 Å². The third-order valence-electron chi connectivity index (χ3n) is 6.42. The van der Waals surface area contributed by atoms with E-state index in [4.69, 9.17) is 4.74 Å². The van der Waals surface area contributed by atoms with Crippen LogP contribution in [0.4, 0.5) is 0 Å². The highest BCUT2D eigenvalue weighted by atomic mass is 16.5. The van der Waals surface area contributed by atoms with Gasteiger partial charge >= 0.3 is 0 Å². The van der Waals surface area contributed by atoms with E-state index in [1.165, 1.54) is 11.3 Å². The van der Waals surface area contributed by atoms with E-state index in [9.17, 15) is 5.11 Å². The van der Waals surface area contributed by atoms with E-state index in [0.29, 0.717) is 5.92 Å². The van der Waals surface area contributed by atoms with Crippen molar-refractivity contribution in [1.29, 1.82) is 0 Å². The molecule has 1 N–H and O–H groups in total. The van der Waals surface area contributed by atoms with Crippen LogP contribution in [0, 0.1) is 5.92 Å². The first-order valence-corrected chi connectivity index (χ1v) is 10.5. The minimum atomic E-state index is -0.558. The Labute approximate surface area is 172 Å². The summed E-state index contributed by atoms with van der Waals surface area (Å²) in [5, 5.41) is 12.2. The molecule has 0 saturated carbocycles. The van der Waals surface area contributed by atoms with Crippen molar-refractivity contribution in [3.63, 3.8) is 0 Å². The number of hydrogen-bond donors (Lipinski definition) is 1. The number of rotatable bonds is 4. The van der Waals surface area contributed by atoms with E-state index in [1.807, 2.05) is 12.1 Å². The van der Waals surface area contributed by atoms with Gasteiger partial charge in [0.2, 0.25) is 0 Å². The monoisotopic (exact) mass is 388 g/mol. The summed E-state index contributed by atoms with van der Waals surface area (Å²) >= 11 is 0. The Morgan fingerprint density at radius 2 is 1.86 bits per heavy atom. The fourth-order valence-electron chi connectivity index (χ4n) is 4.84. The highest BCUT2D eigenvalue weighted by Crippen LogP contribution is 2.38. The molecule has 3 heterocycles. The molecule has 2 aliphatic rings. The molecule has 5 rings (SSSR count). The SMILES string of the molecule is COc1ccc2cc3n(c2c1)C(O)C(=CC1CCN(Cc2ccccc2)CC1)C3. The first kappa shape index (κ1) is 18.5. The Balaban J connectivity index is 1.27. The summed E-state index contributed by atoms with van der Waals surface area (Å²) in [6.45, 7) is 3.27. The number of fused-ring (bicyclic) bond motifs is 3. The fraction of sp³-hybridized carbons (Fsp3) is 0.360. The summed E-state index contributed by atoms with van der Waals surface area (Å²) in [6.07, 6.45) is 4.95. The summed E-state index contributed by atoms with van der Waals surface area (Å²) < 4.78 is 7.44. The minimum absolute atomic E-state index is 0.553. The van der Waals surface area contributed by atoms with Gasteiger partial charge in [-0.05, 0) is 61.2 Å². The van der Waals surface area contributed by atoms with Gasteiger partial charge in [0.15, 0.2) is 6.23 Å². The Morgan fingerprint density at radius 1 is 1.07 bits per heavy atom. The Hall–Kier alpha value is -2.56. The van der Waals surface area contributed by atoms with Crippen LogP contribution >= 0.6 is 0 Å². The largest absolute Gasteiger partial charge is 0.497 e. The molecule has 0 bridgehead atoms. The van der Waals surface area contributed by atoms with Crippen molar-refractivity contribution in [3.05, 3.63) is 77.5 Å². The molecule has 0 aliphatic carbocycles. The van der Waals surface area contributed by atoms with Gasteiger partial charge in [0, 0.05) is 30.1 Å². The number of piperidine rings is 1. The number of aliphatic hydroxyl groups is 1. The van der Waals surface area contributed by atoms with Gasteiger partial charge in [-0.25, -0.2) is 0 Å². The predicted molar refractivity (Wildman–Crippen MR) is 116 cm³/mol. The van der Waals surface area contributed by atoms with Gasteiger partial charge in [-0.15, -0.1) is 0 Å². The Morgan fingerprint density at radius 3 is 2.62 bits per heavy atom. The topological polar surface area (TPSA) is 37.6 Å². The molecular weight excluding hydrogens is 360 g/mol. The van der Waals surface area contributed by atoms with E-state index in [1.54, 1.807) is 7.11 Å². The van der Waals surface area contributed by atoms with E-state index < -0.39 is 6.23 Å². The maximum Gasteiger partial charge on any atom is 0.153 e. The van der Waals surface area contributed by atoms with Gasteiger partial charge in [-0.3, -0.25) is 4.90 Å². The maximum absolute atomic E-state index is 11.0. The van der Waals surface area contributed by atoms with E-state index in [-0.39, 0.29) is 0 Å². The van der Waals surface area contributed by atoms with E-state index >= 15 is 0 Å². The molecule has 150 valence electrons. The van der Waals surface area contributed by atoms with Gasteiger partial charge in [-0.1, -0.05) is 36.4 Å².